The minimum absolute atomic E-state index is 0.0167. The van der Waals surface area contributed by atoms with Crippen LogP contribution < -0.4 is 0 Å². The molecule has 1 aromatic carbocycles. The average molecular weight is 387 g/mol. The predicted molar refractivity (Wildman–Crippen MR) is 103 cm³/mol. The number of aromatic carboxylic acids is 1. The summed E-state index contributed by atoms with van der Waals surface area (Å²) in [5.74, 6) is -0.760. The van der Waals surface area contributed by atoms with Gasteiger partial charge in [-0.2, -0.15) is 0 Å². The lowest BCUT2D eigenvalue weighted by molar-refractivity contribution is -0.127. The van der Waals surface area contributed by atoms with E-state index >= 15 is 0 Å². The van der Waals surface area contributed by atoms with Crippen molar-refractivity contribution >= 4 is 45.2 Å². The monoisotopic (exact) mass is 387 g/mol. The molecule has 0 aliphatic carbocycles. The molecule has 134 valence electrons. The lowest BCUT2D eigenvalue weighted by Crippen LogP contribution is -2.27. The van der Waals surface area contributed by atoms with Gasteiger partial charge in [-0.3, -0.25) is 4.79 Å². The van der Waals surface area contributed by atoms with Gasteiger partial charge in [-0.15, -0.1) is 11.3 Å². The number of benzene rings is 1. The Balaban J connectivity index is 1.73. The molecule has 0 fully saturated rings. The first-order valence-electron chi connectivity index (χ1n) is 7.85. The predicted octanol–water partition coefficient (Wildman–Crippen LogP) is 3.45. The van der Waals surface area contributed by atoms with Gasteiger partial charge < -0.3 is 10.0 Å². The van der Waals surface area contributed by atoms with Gasteiger partial charge in [0.1, 0.15) is 21.1 Å². The molecule has 8 heteroatoms. The largest absolute Gasteiger partial charge is 0.477 e. The van der Waals surface area contributed by atoms with Crippen LogP contribution in [-0.2, 0) is 11.3 Å². The normalized spacial score (nSPS) is 10.8. The van der Waals surface area contributed by atoms with E-state index in [-0.39, 0.29) is 16.5 Å². The van der Waals surface area contributed by atoms with E-state index in [1.54, 1.807) is 18.9 Å². The molecule has 0 atom stereocenters. The molecule has 2 aromatic heterocycles. The Hall–Kier alpha value is -2.45. The number of carboxylic acid groups (broad SMARTS) is 1. The Morgan fingerprint density at radius 2 is 1.96 bits per heavy atom. The van der Waals surface area contributed by atoms with E-state index in [0.717, 1.165) is 22.3 Å². The number of amides is 1. The molecule has 0 unspecified atom stereocenters. The molecule has 1 N–H and O–H groups in total. The molecular weight excluding hydrogens is 370 g/mol. The number of rotatable bonds is 6. The molecule has 0 radical (unpaired) electrons. The van der Waals surface area contributed by atoms with Crippen molar-refractivity contribution in [3.8, 4) is 0 Å². The fourth-order valence-electron chi connectivity index (χ4n) is 2.54. The molecule has 6 nitrogen and oxygen atoms in total. The highest BCUT2D eigenvalue weighted by Crippen LogP contribution is 2.35. The van der Waals surface area contributed by atoms with E-state index in [2.05, 4.69) is 9.97 Å². The molecule has 0 aliphatic heterocycles. The van der Waals surface area contributed by atoms with Crippen LogP contribution in [0.3, 0.4) is 0 Å². The summed E-state index contributed by atoms with van der Waals surface area (Å²) in [7, 11) is 1.77. The van der Waals surface area contributed by atoms with Gasteiger partial charge in [0.05, 0.1) is 5.75 Å². The van der Waals surface area contributed by atoms with Crippen molar-refractivity contribution in [2.45, 2.75) is 18.5 Å². The lowest BCUT2D eigenvalue weighted by Gasteiger charge is -2.17. The standard InChI is InChI=1S/C18H17N3O3S2/c1-11-14-16(19-10-20-17(14)26-15(11)18(23)24)25-9-13(22)21(2)8-12-6-4-3-5-7-12/h3-7,10H,8-9H2,1-2H3,(H,23,24). The summed E-state index contributed by atoms with van der Waals surface area (Å²) in [6.45, 7) is 2.29. The quantitative estimate of drug-likeness (QED) is 0.515. The van der Waals surface area contributed by atoms with Crippen molar-refractivity contribution < 1.29 is 14.7 Å². The van der Waals surface area contributed by atoms with Crippen LogP contribution in [0.2, 0.25) is 0 Å². The molecule has 0 aliphatic rings. The van der Waals surface area contributed by atoms with Crippen molar-refractivity contribution in [2.24, 2.45) is 0 Å². The number of hydrogen-bond acceptors (Lipinski definition) is 6. The zero-order valence-electron chi connectivity index (χ0n) is 14.3. The molecule has 0 spiro atoms. The number of hydrogen-bond donors (Lipinski definition) is 1. The van der Waals surface area contributed by atoms with E-state index in [4.69, 9.17) is 0 Å². The Bertz CT molecular complexity index is 957. The second-order valence-corrected chi connectivity index (χ2v) is 7.71. The summed E-state index contributed by atoms with van der Waals surface area (Å²) < 4.78 is 0. The zero-order chi connectivity index (χ0) is 18.7. The molecular formula is C18H17N3O3S2. The van der Waals surface area contributed by atoms with E-state index in [0.29, 0.717) is 22.0 Å². The van der Waals surface area contributed by atoms with Crippen LogP contribution in [0, 0.1) is 6.92 Å². The zero-order valence-corrected chi connectivity index (χ0v) is 15.9. The van der Waals surface area contributed by atoms with Crippen LogP contribution in [0.1, 0.15) is 20.8 Å². The third-order valence-corrected chi connectivity index (χ3v) is 6.07. The van der Waals surface area contributed by atoms with Crippen molar-refractivity contribution in [3.63, 3.8) is 0 Å². The summed E-state index contributed by atoms with van der Waals surface area (Å²) in [5, 5.41) is 10.6. The maximum atomic E-state index is 12.4. The number of aromatic nitrogens is 2. The maximum Gasteiger partial charge on any atom is 0.346 e. The summed E-state index contributed by atoms with van der Waals surface area (Å²) in [4.78, 5) is 34.7. The van der Waals surface area contributed by atoms with Gasteiger partial charge in [0.15, 0.2) is 0 Å². The van der Waals surface area contributed by atoms with E-state index in [1.807, 2.05) is 30.3 Å². The highest BCUT2D eigenvalue weighted by molar-refractivity contribution is 8.00. The summed E-state index contributed by atoms with van der Waals surface area (Å²) >= 11 is 2.44. The van der Waals surface area contributed by atoms with Crippen LogP contribution in [0.4, 0.5) is 0 Å². The smallest absolute Gasteiger partial charge is 0.346 e. The number of carbonyl (C=O) groups is 2. The Morgan fingerprint density at radius 1 is 1.23 bits per heavy atom. The van der Waals surface area contributed by atoms with Crippen molar-refractivity contribution in [1.29, 1.82) is 0 Å². The van der Waals surface area contributed by atoms with Crippen LogP contribution >= 0.6 is 23.1 Å². The second kappa shape index (κ2) is 7.84. The number of carboxylic acids is 1. The summed E-state index contributed by atoms with van der Waals surface area (Å²) in [6.07, 6.45) is 1.41. The Morgan fingerprint density at radius 3 is 2.65 bits per heavy atom. The Labute approximate surface area is 158 Å². The molecule has 2 heterocycles. The van der Waals surface area contributed by atoms with Crippen LogP contribution in [0.15, 0.2) is 41.7 Å². The first-order chi connectivity index (χ1) is 12.5. The number of fused-ring (bicyclic) bond motifs is 1. The average Bonchev–Trinajstić information content (AvgIpc) is 2.98. The second-order valence-electron chi connectivity index (χ2n) is 5.74. The number of nitrogens with zero attached hydrogens (tertiary/aromatic N) is 3. The molecule has 0 bridgehead atoms. The van der Waals surface area contributed by atoms with Crippen molar-refractivity contribution in [1.82, 2.24) is 14.9 Å². The highest BCUT2D eigenvalue weighted by Gasteiger charge is 2.19. The van der Waals surface area contributed by atoms with Crippen molar-refractivity contribution in [3.05, 3.63) is 52.7 Å². The molecule has 3 aromatic rings. The molecule has 26 heavy (non-hydrogen) atoms. The highest BCUT2D eigenvalue weighted by atomic mass is 32.2. The molecule has 3 rings (SSSR count). The molecule has 0 saturated carbocycles. The van der Waals surface area contributed by atoms with Gasteiger partial charge in [-0.05, 0) is 18.1 Å². The molecule has 0 saturated heterocycles. The number of thiophene rings is 1. The summed E-state index contributed by atoms with van der Waals surface area (Å²) in [5.41, 5.74) is 1.71. The minimum atomic E-state index is -0.972. The van der Waals surface area contributed by atoms with Crippen molar-refractivity contribution in [2.75, 3.05) is 12.8 Å². The third-order valence-electron chi connectivity index (χ3n) is 3.91. The Kier molecular flexibility index (Phi) is 5.53. The number of aryl methyl sites for hydroxylation is 1. The van der Waals surface area contributed by atoms with Gasteiger partial charge in [-0.1, -0.05) is 42.1 Å². The topological polar surface area (TPSA) is 83.4 Å². The fourth-order valence-corrected chi connectivity index (χ4v) is 4.59. The maximum absolute atomic E-state index is 12.4. The van der Waals surface area contributed by atoms with Gasteiger partial charge in [0.25, 0.3) is 0 Å². The van der Waals surface area contributed by atoms with Gasteiger partial charge >= 0.3 is 5.97 Å². The fraction of sp³-hybridized carbons (Fsp3) is 0.222. The number of carbonyl (C=O) groups excluding carboxylic acids is 1. The van der Waals surface area contributed by atoms with Gasteiger partial charge in [0.2, 0.25) is 5.91 Å². The van der Waals surface area contributed by atoms with E-state index in [9.17, 15) is 14.7 Å². The third kappa shape index (κ3) is 3.86. The van der Waals surface area contributed by atoms with E-state index < -0.39 is 5.97 Å². The van der Waals surface area contributed by atoms with Gasteiger partial charge in [-0.25, -0.2) is 14.8 Å². The van der Waals surface area contributed by atoms with Gasteiger partial charge in [0, 0.05) is 19.0 Å². The van der Waals surface area contributed by atoms with E-state index in [1.165, 1.54) is 18.1 Å². The first-order valence-corrected chi connectivity index (χ1v) is 9.65. The van der Waals surface area contributed by atoms with Crippen LogP contribution in [0.25, 0.3) is 10.2 Å². The summed E-state index contributed by atoms with van der Waals surface area (Å²) in [6, 6.07) is 9.79. The SMILES string of the molecule is Cc1c(C(=O)O)sc2ncnc(SCC(=O)N(C)Cc3ccccc3)c12. The van der Waals surface area contributed by atoms with Crippen LogP contribution in [-0.4, -0.2) is 44.7 Å². The molecule has 1 amide bonds. The van der Waals surface area contributed by atoms with Crippen LogP contribution in [0.5, 0.6) is 0 Å². The lowest BCUT2D eigenvalue weighted by atomic mass is 10.2. The number of thioether (sulfide) groups is 1. The first kappa shape index (κ1) is 18.3. The minimum Gasteiger partial charge on any atom is -0.477 e.